The third kappa shape index (κ3) is 4.31. The maximum atomic E-state index is 10.8. The third-order valence-electron chi connectivity index (χ3n) is 3.96. The quantitative estimate of drug-likeness (QED) is 0.885. The normalized spacial score (nSPS) is 22.1. The van der Waals surface area contributed by atoms with Gasteiger partial charge >= 0.3 is 5.97 Å². The summed E-state index contributed by atoms with van der Waals surface area (Å²) in [6.07, 6.45) is 4.40. The molecule has 104 valence electrons. The highest BCUT2D eigenvalue weighted by atomic mass is 16.4. The number of likely N-dealkylation sites (tertiary alicyclic amines) is 1. The Morgan fingerprint density at radius 2 is 2.42 bits per heavy atom. The number of hydrogen-bond donors (Lipinski definition) is 1. The first-order valence-corrected chi connectivity index (χ1v) is 6.99. The van der Waals surface area contributed by atoms with Gasteiger partial charge in [-0.15, -0.1) is 0 Å². The molecule has 1 N–H and O–H groups in total. The van der Waals surface area contributed by atoms with E-state index in [1.807, 2.05) is 24.4 Å². The lowest BCUT2D eigenvalue weighted by Crippen LogP contribution is -2.38. The highest BCUT2D eigenvalue weighted by Gasteiger charge is 2.26. The first-order chi connectivity index (χ1) is 9.15. The van der Waals surface area contributed by atoms with Gasteiger partial charge in [0.15, 0.2) is 0 Å². The molecule has 0 aliphatic carbocycles. The molecule has 2 unspecified atom stereocenters. The highest BCUT2D eigenvalue weighted by Crippen LogP contribution is 2.26. The summed E-state index contributed by atoms with van der Waals surface area (Å²) in [5, 5.41) is 8.89. The van der Waals surface area contributed by atoms with Crippen LogP contribution in [0.15, 0.2) is 24.4 Å². The number of aliphatic carboxylic acids is 1. The molecule has 0 radical (unpaired) electrons. The van der Waals surface area contributed by atoms with Crippen LogP contribution in [0.25, 0.3) is 0 Å². The summed E-state index contributed by atoms with van der Waals surface area (Å²) < 4.78 is 0. The summed E-state index contributed by atoms with van der Waals surface area (Å²) in [6.45, 7) is 5.01. The summed E-state index contributed by atoms with van der Waals surface area (Å²) in [7, 11) is 0. The zero-order valence-corrected chi connectivity index (χ0v) is 11.5. The maximum Gasteiger partial charge on any atom is 0.303 e. The predicted octanol–water partition coefficient (Wildman–Crippen LogP) is 2.40. The van der Waals surface area contributed by atoms with Crippen LogP contribution in [-0.4, -0.2) is 34.0 Å². The van der Waals surface area contributed by atoms with Gasteiger partial charge in [-0.1, -0.05) is 13.0 Å². The molecule has 1 saturated heterocycles. The first kappa shape index (κ1) is 14.0. The number of carboxylic acids is 1. The van der Waals surface area contributed by atoms with E-state index in [1.54, 1.807) is 0 Å². The Morgan fingerprint density at radius 1 is 1.58 bits per heavy atom. The average molecular weight is 262 g/mol. The van der Waals surface area contributed by atoms with Crippen LogP contribution in [0, 0.1) is 11.8 Å². The summed E-state index contributed by atoms with van der Waals surface area (Å²) in [5.41, 5.74) is 1.09. The standard InChI is InChI=1S/C15H22N2O2/c1-12(9-15(18)19)13-5-4-8-17(10-13)11-14-6-2-3-7-16-14/h2-3,6-7,12-13H,4-5,8-11H2,1H3,(H,18,19). The molecule has 4 nitrogen and oxygen atoms in total. The molecule has 0 aromatic carbocycles. The van der Waals surface area contributed by atoms with Gasteiger partial charge in [-0.2, -0.15) is 0 Å². The second-order valence-electron chi connectivity index (χ2n) is 5.53. The molecule has 2 rings (SSSR count). The minimum atomic E-state index is -0.686. The zero-order chi connectivity index (χ0) is 13.7. The van der Waals surface area contributed by atoms with E-state index in [0.717, 1.165) is 38.2 Å². The topological polar surface area (TPSA) is 53.4 Å². The number of nitrogens with zero attached hydrogens (tertiary/aromatic N) is 2. The Balaban J connectivity index is 1.88. The van der Waals surface area contributed by atoms with Crippen LogP contribution in [0.3, 0.4) is 0 Å². The molecule has 2 atom stereocenters. The number of hydrogen-bond acceptors (Lipinski definition) is 3. The van der Waals surface area contributed by atoms with Gasteiger partial charge in [0.2, 0.25) is 0 Å². The zero-order valence-electron chi connectivity index (χ0n) is 11.5. The van der Waals surface area contributed by atoms with Gasteiger partial charge < -0.3 is 5.11 Å². The average Bonchev–Trinajstić information content (AvgIpc) is 2.39. The predicted molar refractivity (Wildman–Crippen MR) is 73.7 cm³/mol. The molecule has 19 heavy (non-hydrogen) atoms. The van der Waals surface area contributed by atoms with Crippen LogP contribution >= 0.6 is 0 Å². The molecular formula is C15H22N2O2. The van der Waals surface area contributed by atoms with Crippen molar-refractivity contribution in [1.29, 1.82) is 0 Å². The van der Waals surface area contributed by atoms with Crippen LogP contribution in [0.5, 0.6) is 0 Å². The van der Waals surface area contributed by atoms with Crippen LogP contribution in [0.1, 0.15) is 31.9 Å². The molecular weight excluding hydrogens is 240 g/mol. The molecule has 1 aliphatic rings. The second kappa shape index (κ2) is 6.66. The first-order valence-electron chi connectivity index (χ1n) is 6.99. The van der Waals surface area contributed by atoms with Crippen molar-refractivity contribution in [2.75, 3.05) is 13.1 Å². The van der Waals surface area contributed by atoms with E-state index in [0.29, 0.717) is 5.92 Å². The Labute approximate surface area is 114 Å². The SMILES string of the molecule is CC(CC(=O)O)C1CCCN(Cc2ccccn2)C1. The molecule has 1 aliphatic heterocycles. The fourth-order valence-electron chi connectivity index (χ4n) is 2.86. The van der Waals surface area contributed by atoms with Crippen LogP contribution in [-0.2, 0) is 11.3 Å². The largest absolute Gasteiger partial charge is 0.481 e. The minimum absolute atomic E-state index is 0.254. The number of piperidine rings is 1. The number of aromatic nitrogens is 1. The molecule has 0 amide bonds. The van der Waals surface area contributed by atoms with Crippen molar-refractivity contribution in [2.24, 2.45) is 11.8 Å². The van der Waals surface area contributed by atoms with E-state index < -0.39 is 5.97 Å². The Hall–Kier alpha value is -1.42. The maximum absolute atomic E-state index is 10.8. The molecule has 0 saturated carbocycles. The Morgan fingerprint density at radius 3 is 3.11 bits per heavy atom. The number of pyridine rings is 1. The molecule has 1 aromatic rings. The Kier molecular flexibility index (Phi) is 4.91. The molecule has 1 aromatic heterocycles. The Bertz CT molecular complexity index is 408. The van der Waals surface area contributed by atoms with Gasteiger partial charge in [0.1, 0.15) is 0 Å². The van der Waals surface area contributed by atoms with Gasteiger partial charge in [0.05, 0.1) is 5.69 Å². The lowest BCUT2D eigenvalue weighted by Gasteiger charge is -2.35. The third-order valence-corrected chi connectivity index (χ3v) is 3.96. The molecule has 1 fully saturated rings. The summed E-state index contributed by atoms with van der Waals surface area (Å²) in [5.74, 6) is 0.0620. The van der Waals surface area contributed by atoms with E-state index in [-0.39, 0.29) is 12.3 Å². The van der Waals surface area contributed by atoms with Gasteiger partial charge in [-0.25, -0.2) is 0 Å². The van der Waals surface area contributed by atoms with Crippen LogP contribution < -0.4 is 0 Å². The minimum Gasteiger partial charge on any atom is -0.481 e. The van der Waals surface area contributed by atoms with Crippen molar-refractivity contribution in [3.05, 3.63) is 30.1 Å². The number of carbonyl (C=O) groups is 1. The number of rotatable bonds is 5. The van der Waals surface area contributed by atoms with Gasteiger partial charge in [-0.3, -0.25) is 14.7 Å². The van der Waals surface area contributed by atoms with E-state index in [4.69, 9.17) is 5.11 Å². The van der Waals surface area contributed by atoms with E-state index in [1.165, 1.54) is 0 Å². The van der Waals surface area contributed by atoms with Crippen LogP contribution in [0.2, 0.25) is 0 Å². The van der Waals surface area contributed by atoms with E-state index in [2.05, 4.69) is 16.8 Å². The molecule has 0 spiro atoms. The van der Waals surface area contributed by atoms with E-state index in [9.17, 15) is 4.79 Å². The van der Waals surface area contributed by atoms with Crippen molar-refractivity contribution >= 4 is 5.97 Å². The highest BCUT2D eigenvalue weighted by molar-refractivity contribution is 5.67. The van der Waals surface area contributed by atoms with Gasteiger partial charge in [-0.05, 0) is 43.4 Å². The molecule has 2 heterocycles. The number of carboxylic acid groups (broad SMARTS) is 1. The van der Waals surface area contributed by atoms with Crippen molar-refractivity contribution < 1.29 is 9.90 Å². The van der Waals surface area contributed by atoms with Gasteiger partial charge in [0, 0.05) is 25.7 Å². The smallest absolute Gasteiger partial charge is 0.303 e. The van der Waals surface area contributed by atoms with Crippen LogP contribution in [0.4, 0.5) is 0 Å². The summed E-state index contributed by atoms with van der Waals surface area (Å²) in [4.78, 5) is 17.6. The summed E-state index contributed by atoms with van der Waals surface area (Å²) in [6, 6.07) is 5.98. The van der Waals surface area contributed by atoms with Gasteiger partial charge in [0.25, 0.3) is 0 Å². The molecule has 0 bridgehead atoms. The lowest BCUT2D eigenvalue weighted by molar-refractivity contribution is -0.138. The molecule has 4 heteroatoms. The van der Waals surface area contributed by atoms with E-state index >= 15 is 0 Å². The van der Waals surface area contributed by atoms with Crippen molar-refractivity contribution in [3.63, 3.8) is 0 Å². The fourth-order valence-corrected chi connectivity index (χ4v) is 2.86. The van der Waals surface area contributed by atoms with Crippen molar-refractivity contribution in [1.82, 2.24) is 9.88 Å². The fraction of sp³-hybridized carbons (Fsp3) is 0.600. The second-order valence-corrected chi connectivity index (χ2v) is 5.53. The summed E-state index contributed by atoms with van der Waals surface area (Å²) >= 11 is 0. The lowest BCUT2D eigenvalue weighted by atomic mass is 9.84. The van der Waals surface area contributed by atoms with Crippen molar-refractivity contribution in [2.45, 2.75) is 32.7 Å². The monoisotopic (exact) mass is 262 g/mol. The van der Waals surface area contributed by atoms with Crippen molar-refractivity contribution in [3.8, 4) is 0 Å².